The van der Waals surface area contributed by atoms with Gasteiger partial charge in [0, 0.05) is 12.6 Å². The van der Waals surface area contributed by atoms with Gasteiger partial charge in [-0.25, -0.2) is 0 Å². The van der Waals surface area contributed by atoms with Gasteiger partial charge in [-0.15, -0.1) is 0 Å². The minimum absolute atomic E-state index is 0.413. The Morgan fingerprint density at radius 2 is 1.62 bits per heavy atom. The van der Waals surface area contributed by atoms with Crippen LogP contribution in [0.5, 0.6) is 0 Å². The van der Waals surface area contributed by atoms with Crippen molar-refractivity contribution in [3.05, 3.63) is 59.0 Å². The molecule has 0 bridgehead atoms. The van der Waals surface area contributed by atoms with Crippen LogP contribution in [-0.2, 0) is 18.7 Å². The maximum atomic E-state index is 10.6. The predicted octanol–water partition coefficient (Wildman–Crippen LogP) is 5.01. The molecule has 0 aliphatic heterocycles. The number of aryl methyl sites for hydroxylation is 1. The van der Waals surface area contributed by atoms with Gasteiger partial charge < -0.3 is 9.52 Å². The Bertz CT molecular complexity index is 624. The largest absolute Gasteiger partial charge is 0.462 e. The molecule has 0 radical (unpaired) electrons. The fraction of sp³-hybridized carbons (Fsp3) is 0.524. The van der Waals surface area contributed by atoms with Crippen molar-refractivity contribution in [3.63, 3.8) is 0 Å². The SMILES string of the molecule is CCC(O)(CC)c1ccc(CN(Cc2ccc(C)cc2)C(C)C)o1. The van der Waals surface area contributed by atoms with Crippen molar-refractivity contribution in [1.82, 2.24) is 4.90 Å². The van der Waals surface area contributed by atoms with Crippen LogP contribution in [0.3, 0.4) is 0 Å². The van der Waals surface area contributed by atoms with Crippen LogP contribution in [0.25, 0.3) is 0 Å². The first-order valence-corrected chi connectivity index (χ1v) is 8.99. The van der Waals surface area contributed by atoms with E-state index in [2.05, 4.69) is 49.9 Å². The highest BCUT2D eigenvalue weighted by Crippen LogP contribution is 2.30. The first-order chi connectivity index (χ1) is 11.4. The van der Waals surface area contributed by atoms with E-state index in [4.69, 9.17) is 4.42 Å². The van der Waals surface area contributed by atoms with E-state index in [0.717, 1.165) is 18.8 Å². The van der Waals surface area contributed by atoms with Crippen LogP contribution < -0.4 is 0 Å². The zero-order valence-corrected chi connectivity index (χ0v) is 15.7. The standard InChI is InChI=1S/C21H31NO2/c1-6-21(23,7-2)20-13-12-19(24-20)15-22(16(3)4)14-18-10-8-17(5)9-11-18/h8-13,16,23H,6-7,14-15H2,1-5H3. The van der Waals surface area contributed by atoms with E-state index < -0.39 is 5.60 Å². The molecule has 3 nitrogen and oxygen atoms in total. The van der Waals surface area contributed by atoms with E-state index in [1.807, 2.05) is 26.0 Å². The minimum Gasteiger partial charge on any atom is -0.462 e. The van der Waals surface area contributed by atoms with E-state index in [0.29, 0.717) is 24.6 Å². The summed E-state index contributed by atoms with van der Waals surface area (Å²) in [5, 5.41) is 10.6. The lowest BCUT2D eigenvalue weighted by Gasteiger charge is -2.26. The van der Waals surface area contributed by atoms with E-state index in [-0.39, 0.29) is 0 Å². The first-order valence-electron chi connectivity index (χ1n) is 8.99. The van der Waals surface area contributed by atoms with Gasteiger partial charge in [0.1, 0.15) is 17.1 Å². The Labute approximate surface area is 146 Å². The Morgan fingerprint density at radius 3 is 2.17 bits per heavy atom. The molecule has 0 fully saturated rings. The minimum atomic E-state index is -0.849. The molecule has 2 rings (SSSR count). The average molecular weight is 329 g/mol. The summed E-state index contributed by atoms with van der Waals surface area (Å²) in [5.41, 5.74) is 1.74. The molecule has 0 unspecified atom stereocenters. The highest BCUT2D eigenvalue weighted by atomic mass is 16.4. The van der Waals surface area contributed by atoms with Gasteiger partial charge in [0.15, 0.2) is 0 Å². The summed E-state index contributed by atoms with van der Waals surface area (Å²) < 4.78 is 5.98. The number of hydrogen-bond donors (Lipinski definition) is 1. The van der Waals surface area contributed by atoms with Crippen LogP contribution in [0.1, 0.15) is 63.2 Å². The zero-order valence-electron chi connectivity index (χ0n) is 15.7. The summed E-state index contributed by atoms with van der Waals surface area (Å²) in [6.45, 7) is 12.1. The summed E-state index contributed by atoms with van der Waals surface area (Å²) in [4.78, 5) is 2.38. The molecule has 1 aromatic heterocycles. The number of hydrogen-bond acceptors (Lipinski definition) is 3. The van der Waals surface area contributed by atoms with Crippen LogP contribution >= 0.6 is 0 Å². The van der Waals surface area contributed by atoms with Crippen molar-refractivity contribution in [3.8, 4) is 0 Å². The molecule has 24 heavy (non-hydrogen) atoms. The monoisotopic (exact) mass is 329 g/mol. The van der Waals surface area contributed by atoms with Crippen LogP contribution in [0, 0.1) is 6.92 Å². The van der Waals surface area contributed by atoms with Gasteiger partial charge in [0.05, 0.1) is 6.54 Å². The van der Waals surface area contributed by atoms with Crippen molar-refractivity contribution >= 4 is 0 Å². The second-order valence-corrected chi connectivity index (χ2v) is 6.99. The van der Waals surface area contributed by atoms with E-state index in [1.54, 1.807) is 0 Å². The molecule has 0 saturated carbocycles. The molecule has 3 heteroatoms. The molecule has 0 aliphatic rings. The number of furan rings is 1. The van der Waals surface area contributed by atoms with Gasteiger partial charge in [-0.2, -0.15) is 0 Å². The van der Waals surface area contributed by atoms with Gasteiger partial charge >= 0.3 is 0 Å². The van der Waals surface area contributed by atoms with E-state index in [1.165, 1.54) is 11.1 Å². The molecule has 0 spiro atoms. The van der Waals surface area contributed by atoms with Crippen LogP contribution in [-0.4, -0.2) is 16.0 Å². The number of aliphatic hydroxyl groups is 1. The fourth-order valence-corrected chi connectivity index (χ4v) is 2.86. The quantitative estimate of drug-likeness (QED) is 0.740. The molecule has 2 aromatic rings. The van der Waals surface area contributed by atoms with Crippen molar-refractivity contribution in [2.24, 2.45) is 0 Å². The summed E-state index contributed by atoms with van der Waals surface area (Å²) in [7, 11) is 0. The second kappa shape index (κ2) is 8.00. The third-order valence-corrected chi connectivity index (χ3v) is 4.89. The Kier molecular flexibility index (Phi) is 6.25. The van der Waals surface area contributed by atoms with Gasteiger partial charge in [0.2, 0.25) is 0 Å². The van der Waals surface area contributed by atoms with Crippen LogP contribution in [0.2, 0.25) is 0 Å². The Balaban J connectivity index is 2.11. The third kappa shape index (κ3) is 4.49. The molecule has 1 heterocycles. The molecule has 0 saturated heterocycles. The summed E-state index contributed by atoms with van der Waals surface area (Å²) in [5.74, 6) is 1.59. The molecule has 0 aliphatic carbocycles. The number of rotatable bonds is 8. The molecule has 0 amide bonds. The Morgan fingerprint density at radius 1 is 1.00 bits per heavy atom. The van der Waals surface area contributed by atoms with Crippen LogP contribution in [0.4, 0.5) is 0 Å². The highest BCUT2D eigenvalue weighted by Gasteiger charge is 2.28. The summed E-state index contributed by atoms with van der Waals surface area (Å²) >= 11 is 0. The molecule has 1 N–H and O–H groups in total. The van der Waals surface area contributed by atoms with Gasteiger partial charge in [-0.1, -0.05) is 43.7 Å². The number of nitrogens with zero attached hydrogens (tertiary/aromatic N) is 1. The topological polar surface area (TPSA) is 36.6 Å². The molecular weight excluding hydrogens is 298 g/mol. The van der Waals surface area contributed by atoms with Crippen molar-refractivity contribution in [1.29, 1.82) is 0 Å². The highest BCUT2D eigenvalue weighted by molar-refractivity contribution is 5.21. The Hall–Kier alpha value is -1.58. The lowest BCUT2D eigenvalue weighted by atomic mass is 9.95. The fourth-order valence-electron chi connectivity index (χ4n) is 2.86. The number of benzene rings is 1. The van der Waals surface area contributed by atoms with Gasteiger partial charge in [-0.3, -0.25) is 4.90 Å². The normalized spacial score (nSPS) is 12.3. The zero-order chi connectivity index (χ0) is 17.7. The maximum Gasteiger partial charge on any atom is 0.135 e. The van der Waals surface area contributed by atoms with Crippen molar-refractivity contribution < 1.29 is 9.52 Å². The van der Waals surface area contributed by atoms with Crippen molar-refractivity contribution in [2.75, 3.05) is 0 Å². The lowest BCUT2D eigenvalue weighted by molar-refractivity contribution is 0.00499. The lowest BCUT2D eigenvalue weighted by Crippen LogP contribution is -2.29. The van der Waals surface area contributed by atoms with Gasteiger partial charge in [0.25, 0.3) is 0 Å². The molecule has 1 aromatic carbocycles. The summed E-state index contributed by atoms with van der Waals surface area (Å²) in [6.07, 6.45) is 1.32. The van der Waals surface area contributed by atoms with Crippen LogP contribution in [0.15, 0.2) is 40.8 Å². The third-order valence-electron chi connectivity index (χ3n) is 4.89. The van der Waals surface area contributed by atoms with Gasteiger partial charge in [-0.05, 0) is 51.3 Å². The van der Waals surface area contributed by atoms with E-state index in [9.17, 15) is 5.11 Å². The average Bonchev–Trinajstić information content (AvgIpc) is 3.04. The predicted molar refractivity (Wildman–Crippen MR) is 98.7 cm³/mol. The second-order valence-electron chi connectivity index (χ2n) is 6.99. The van der Waals surface area contributed by atoms with Crippen molar-refractivity contribution in [2.45, 2.75) is 72.2 Å². The maximum absolute atomic E-state index is 10.6. The molecule has 132 valence electrons. The van der Waals surface area contributed by atoms with E-state index >= 15 is 0 Å². The summed E-state index contributed by atoms with van der Waals surface area (Å²) in [6, 6.07) is 13.0. The molecule has 0 atom stereocenters. The smallest absolute Gasteiger partial charge is 0.135 e. The molecular formula is C21H31NO2. The first kappa shape index (κ1) is 18.8.